The maximum atomic E-state index is 8.36. The van der Waals surface area contributed by atoms with Crippen molar-refractivity contribution in [3.8, 4) is 5.75 Å². The van der Waals surface area contributed by atoms with E-state index in [0.29, 0.717) is 6.54 Å². The number of benzene rings is 2. The third kappa shape index (κ3) is 13.9. The summed E-state index contributed by atoms with van der Waals surface area (Å²) in [6, 6.07) is 17.5. The molecule has 1 saturated carbocycles. The van der Waals surface area contributed by atoms with Gasteiger partial charge in [-0.2, -0.15) is 0 Å². The highest BCUT2D eigenvalue weighted by atomic mass is 16.5. The fraction of sp³-hybridized carbons (Fsp3) is 0.391. The number of carbonyl (C=O) groups is 1. The van der Waals surface area contributed by atoms with Gasteiger partial charge in [0.05, 0.1) is 19.1 Å². The van der Waals surface area contributed by atoms with Crippen molar-refractivity contribution >= 4 is 18.5 Å². The minimum atomic E-state index is -0.250. The molecule has 0 radical (unpaired) electrons. The van der Waals surface area contributed by atoms with Crippen molar-refractivity contribution in [2.45, 2.75) is 45.6 Å². The largest absolute Gasteiger partial charge is 0.496 e. The zero-order chi connectivity index (χ0) is 21.7. The molecule has 6 heteroatoms. The van der Waals surface area contributed by atoms with E-state index in [0.717, 1.165) is 22.9 Å². The fourth-order valence-corrected chi connectivity index (χ4v) is 2.78. The van der Waals surface area contributed by atoms with Gasteiger partial charge in [0.25, 0.3) is 6.47 Å². The Labute approximate surface area is 174 Å². The molecule has 0 saturated heterocycles. The average Bonchev–Trinajstić information content (AvgIpc) is 2.77. The number of nitrogens with zero attached hydrogens (tertiary/aromatic N) is 1. The highest BCUT2D eigenvalue weighted by molar-refractivity contribution is 5.60. The Hall–Kier alpha value is -2.86. The van der Waals surface area contributed by atoms with E-state index in [1.165, 1.54) is 38.4 Å². The zero-order valence-electron chi connectivity index (χ0n) is 17.5. The number of ether oxygens (including phenoxy) is 1. The van der Waals surface area contributed by atoms with Gasteiger partial charge in [-0.15, -0.1) is 0 Å². The first-order chi connectivity index (χ1) is 14.1. The highest BCUT2D eigenvalue weighted by Crippen LogP contribution is 2.23. The molecule has 1 fully saturated rings. The topological polar surface area (TPSA) is 111 Å². The van der Waals surface area contributed by atoms with E-state index in [1.807, 2.05) is 54.6 Å². The van der Waals surface area contributed by atoms with Gasteiger partial charge < -0.3 is 21.3 Å². The molecule has 3 rings (SSSR count). The van der Waals surface area contributed by atoms with Crippen LogP contribution >= 0.6 is 0 Å². The molecule has 0 atom stereocenters. The lowest BCUT2D eigenvalue weighted by Gasteiger charge is -2.15. The van der Waals surface area contributed by atoms with Crippen LogP contribution in [0.25, 0.3) is 0 Å². The fourth-order valence-electron chi connectivity index (χ4n) is 2.78. The average molecular weight is 402 g/mol. The first-order valence-corrected chi connectivity index (χ1v) is 9.82. The Kier molecular flexibility index (Phi) is 16.7. The van der Waals surface area contributed by atoms with Gasteiger partial charge in [0.1, 0.15) is 5.75 Å². The van der Waals surface area contributed by atoms with Crippen LogP contribution < -0.4 is 16.2 Å². The SMILES string of the molecule is CC1CCCCC1.COc1ccc(N=CN)cc1CN.O=CO.c1ccccc1. The molecule has 0 aromatic heterocycles. The molecule has 160 valence electrons. The molecule has 0 bridgehead atoms. The molecule has 0 spiro atoms. The van der Waals surface area contributed by atoms with Crippen LogP contribution in [0.1, 0.15) is 44.6 Å². The van der Waals surface area contributed by atoms with Crippen LogP contribution in [0.3, 0.4) is 0 Å². The lowest BCUT2D eigenvalue weighted by molar-refractivity contribution is -0.122. The monoisotopic (exact) mass is 401 g/mol. The van der Waals surface area contributed by atoms with Crippen molar-refractivity contribution in [3.05, 3.63) is 60.2 Å². The van der Waals surface area contributed by atoms with E-state index < -0.39 is 0 Å². The van der Waals surface area contributed by atoms with Crippen LogP contribution in [-0.4, -0.2) is 25.0 Å². The van der Waals surface area contributed by atoms with Crippen LogP contribution in [0.4, 0.5) is 5.69 Å². The van der Waals surface area contributed by atoms with E-state index in [-0.39, 0.29) is 6.47 Å². The van der Waals surface area contributed by atoms with E-state index in [2.05, 4.69) is 11.9 Å². The molecular weight excluding hydrogens is 366 g/mol. The second-order valence-corrected chi connectivity index (χ2v) is 6.48. The number of hydrogen-bond acceptors (Lipinski definition) is 4. The molecule has 0 amide bonds. The van der Waals surface area contributed by atoms with Gasteiger partial charge in [0, 0.05) is 12.1 Å². The summed E-state index contributed by atoms with van der Waals surface area (Å²) in [5.41, 5.74) is 12.4. The number of aliphatic imine (C=N–C) groups is 1. The van der Waals surface area contributed by atoms with E-state index in [4.69, 9.17) is 26.1 Å². The normalized spacial score (nSPS) is 12.9. The summed E-state index contributed by atoms with van der Waals surface area (Å²) in [5, 5.41) is 6.89. The first kappa shape index (κ1) is 26.1. The van der Waals surface area contributed by atoms with Crippen LogP contribution in [0.2, 0.25) is 0 Å². The number of carboxylic acid groups (broad SMARTS) is 1. The number of methoxy groups -OCH3 is 1. The molecule has 6 nitrogen and oxygen atoms in total. The minimum Gasteiger partial charge on any atom is -0.496 e. The summed E-state index contributed by atoms with van der Waals surface area (Å²) < 4.78 is 5.11. The molecule has 2 aromatic carbocycles. The Morgan fingerprint density at radius 3 is 1.97 bits per heavy atom. The maximum Gasteiger partial charge on any atom is 0.290 e. The van der Waals surface area contributed by atoms with Gasteiger partial charge in [0.2, 0.25) is 0 Å². The van der Waals surface area contributed by atoms with Crippen LogP contribution in [-0.2, 0) is 11.3 Å². The van der Waals surface area contributed by atoms with Crippen molar-refractivity contribution < 1.29 is 14.6 Å². The predicted molar refractivity (Wildman–Crippen MR) is 121 cm³/mol. The van der Waals surface area contributed by atoms with Crippen molar-refractivity contribution in [1.82, 2.24) is 0 Å². The molecule has 5 N–H and O–H groups in total. The Balaban J connectivity index is 0.000000411. The molecule has 1 aliphatic rings. The molecule has 29 heavy (non-hydrogen) atoms. The van der Waals surface area contributed by atoms with E-state index in [1.54, 1.807) is 7.11 Å². The summed E-state index contributed by atoms with van der Waals surface area (Å²) >= 11 is 0. The van der Waals surface area contributed by atoms with Crippen LogP contribution in [0.5, 0.6) is 5.75 Å². The number of nitrogens with two attached hydrogens (primary N) is 2. The van der Waals surface area contributed by atoms with Gasteiger partial charge in [-0.3, -0.25) is 4.79 Å². The van der Waals surface area contributed by atoms with Crippen LogP contribution in [0.15, 0.2) is 59.6 Å². The molecule has 2 aromatic rings. The standard InChI is InChI=1S/C9H13N3O.C7H14.C6H6.CH2O2/c1-13-9-3-2-8(12-6-11)4-7(9)5-10;1-7-5-3-2-4-6-7;1-2-4-6-5-3-1;2-1-3/h2-4,6H,5,10H2,1H3,(H2,11,12);7H,2-6H2,1H3;1-6H;1H,(H,2,3). The molecule has 0 heterocycles. The number of hydrogen-bond donors (Lipinski definition) is 3. The second-order valence-electron chi connectivity index (χ2n) is 6.48. The molecule has 0 aliphatic heterocycles. The second kappa shape index (κ2) is 18.5. The summed E-state index contributed by atoms with van der Waals surface area (Å²) in [4.78, 5) is 12.3. The first-order valence-electron chi connectivity index (χ1n) is 9.82. The van der Waals surface area contributed by atoms with Gasteiger partial charge in [-0.25, -0.2) is 4.99 Å². The Bertz CT molecular complexity index is 631. The molecule has 0 unspecified atom stereocenters. The van der Waals surface area contributed by atoms with Gasteiger partial charge >= 0.3 is 0 Å². The Morgan fingerprint density at radius 2 is 1.62 bits per heavy atom. The van der Waals surface area contributed by atoms with Gasteiger partial charge in [0.15, 0.2) is 0 Å². The molecular formula is C23H35N3O3. The Morgan fingerprint density at radius 1 is 1.10 bits per heavy atom. The maximum absolute atomic E-state index is 8.36. The van der Waals surface area contributed by atoms with E-state index in [9.17, 15) is 0 Å². The van der Waals surface area contributed by atoms with Gasteiger partial charge in [-0.1, -0.05) is 75.4 Å². The number of rotatable bonds is 3. The smallest absolute Gasteiger partial charge is 0.290 e. The molecule has 1 aliphatic carbocycles. The summed E-state index contributed by atoms with van der Waals surface area (Å²) in [5.74, 6) is 1.81. The van der Waals surface area contributed by atoms with Crippen molar-refractivity contribution in [3.63, 3.8) is 0 Å². The van der Waals surface area contributed by atoms with Gasteiger partial charge in [-0.05, 0) is 24.1 Å². The summed E-state index contributed by atoms with van der Waals surface area (Å²) in [6.07, 6.45) is 8.69. The zero-order valence-corrected chi connectivity index (χ0v) is 17.5. The van der Waals surface area contributed by atoms with E-state index >= 15 is 0 Å². The quantitative estimate of drug-likeness (QED) is 0.390. The highest BCUT2D eigenvalue weighted by Gasteiger charge is 2.06. The van der Waals surface area contributed by atoms with Crippen molar-refractivity contribution in [1.29, 1.82) is 0 Å². The predicted octanol–water partition coefficient (Wildman–Crippen LogP) is 4.75. The summed E-state index contributed by atoms with van der Waals surface area (Å²) in [7, 11) is 1.61. The lowest BCUT2D eigenvalue weighted by atomic mass is 9.91. The third-order valence-corrected chi connectivity index (χ3v) is 4.27. The van der Waals surface area contributed by atoms with Crippen molar-refractivity contribution in [2.75, 3.05) is 7.11 Å². The third-order valence-electron chi connectivity index (χ3n) is 4.27. The lowest BCUT2D eigenvalue weighted by Crippen LogP contribution is -1.99. The summed E-state index contributed by atoms with van der Waals surface area (Å²) in [6.45, 7) is 2.54. The van der Waals surface area contributed by atoms with Crippen LogP contribution in [0, 0.1) is 5.92 Å². The van der Waals surface area contributed by atoms with Crippen molar-refractivity contribution in [2.24, 2.45) is 22.4 Å². The minimum absolute atomic E-state index is 0.250.